The molecule has 0 aliphatic heterocycles. The molecule has 0 aliphatic rings. The number of benzene rings is 2. The molecular weight excluding hydrogens is 414 g/mol. The maximum absolute atomic E-state index is 12.4. The van der Waals surface area contributed by atoms with Gasteiger partial charge in [0, 0.05) is 24.8 Å². The Bertz CT molecular complexity index is 1190. The van der Waals surface area contributed by atoms with Crippen molar-refractivity contribution in [3.8, 4) is 0 Å². The number of sulfonamides is 1. The number of aryl methyl sites for hydroxylation is 2. The number of hydrogen-bond donors (Lipinski definition) is 3. The summed E-state index contributed by atoms with van der Waals surface area (Å²) in [5, 5.41) is 5.69. The number of anilines is 1. The van der Waals surface area contributed by atoms with E-state index in [-0.39, 0.29) is 17.0 Å². The summed E-state index contributed by atoms with van der Waals surface area (Å²) in [6, 6.07) is 12.2. The second-order valence-electron chi connectivity index (χ2n) is 7.67. The van der Waals surface area contributed by atoms with Crippen molar-refractivity contribution >= 4 is 32.8 Å². The van der Waals surface area contributed by atoms with Gasteiger partial charge in [-0.2, -0.15) is 0 Å². The van der Waals surface area contributed by atoms with Crippen LogP contribution in [0.2, 0.25) is 0 Å². The summed E-state index contributed by atoms with van der Waals surface area (Å²) in [4.78, 5) is 16.9. The molecule has 0 radical (unpaired) electrons. The molecule has 1 heterocycles. The highest BCUT2D eigenvalue weighted by Crippen LogP contribution is 2.20. The molecule has 0 unspecified atom stereocenters. The number of carbonyl (C=O) groups is 1. The zero-order valence-corrected chi connectivity index (χ0v) is 19.1. The monoisotopic (exact) mass is 443 g/mol. The fraction of sp³-hybridized carbons (Fsp3) is 0.364. The van der Waals surface area contributed by atoms with Crippen LogP contribution in [0.25, 0.3) is 11.0 Å². The van der Waals surface area contributed by atoms with Crippen molar-refractivity contribution in [3.05, 3.63) is 53.9 Å². The molecule has 2 amide bonds. The van der Waals surface area contributed by atoms with Crippen LogP contribution >= 0.6 is 0 Å². The van der Waals surface area contributed by atoms with Gasteiger partial charge in [0.2, 0.25) is 10.0 Å². The summed E-state index contributed by atoms with van der Waals surface area (Å²) in [6.07, 6.45) is 0.903. The molecule has 166 valence electrons. The molecule has 0 atom stereocenters. The lowest BCUT2D eigenvalue weighted by Crippen LogP contribution is -2.31. The SMILES string of the molecule is CCc1cccc(NC(=O)NCCn2c(C)nc3cc(S(=O)(=O)NC(C)C)ccc32)c1. The number of amides is 2. The first-order valence-electron chi connectivity index (χ1n) is 10.3. The summed E-state index contributed by atoms with van der Waals surface area (Å²) < 4.78 is 29.4. The van der Waals surface area contributed by atoms with E-state index < -0.39 is 10.0 Å². The molecule has 0 saturated carbocycles. The van der Waals surface area contributed by atoms with Gasteiger partial charge in [-0.05, 0) is 63.1 Å². The molecule has 8 nitrogen and oxygen atoms in total. The van der Waals surface area contributed by atoms with E-state index in [1.165, 1.54) is 0 Å². The van der Waals surface area contributed by atoms with Crippen LogP contribution in [-0.2, 0) is 23.0 Å². The molecule has 2 aromatic carbocycles. The minimum atomic E-state index is -3.58. The Labute approximate surface area is 183 Å². The van der Waals surface area contributed by atoms with Crippen LogP contribution in [0.3, 0.4) is 0 Å². The van der Waals surface area contributed by atoms with Crippen molar-refractivity contribution in [3.63, 3.8) is 0 Å². The molecule has 3 aromatic rings. The lowest BCUT2D eigenvalue weighted by molar-refractivity contribution is 0.251. The van der Waals surface area contributed by atoms with Gasteiger partial charge in [-0.15, -0.1) is 0 Å². The number of nitrogens with one attached hydrogen (secondary N) is 3. The van der Waals surface area contributed by atoms with Crippen molar-refractivity contribution in [1.82, 2.24) is 19.6 Å². The third kappa shape index (κ3) is 5.62. The minimum absolute atomic E-state index is 0.185. The zero-order valence-electron chi connectivity index (χ0n) is 18.3. The Hall–Kier alpha value is -2.91. The standard InChI is InChI=1S/C22H29N5O3S/c1-5-17-7-6-8-18(13-17)25-22(28)23-11-12-27-16(4)24-20-14-19(9-10-21(20)27)31(29,30)26-15(2)3/h6-10,13-15,26H,5,11-12H2,1-4H3,(H2,23,25,28). The van der Waals surface area contributed by atoms with Gasteiger partial charge in [-0.3, -0.25) is 0 Å². The van der Waals surface area contributed by atoms with E-state index in [2.05, 4.69) is 27.3 Å². The summed E-state index contributed by atoms with van der Waals surface area (Å²) >= 11 is 0. The van der Waals surface area contributed by atoms with E-state index in [9.17, 15) is 13.2 Å². The van der Waals surface area contributed by atoms with Crippen LogP contribution in [0, 0.1) is 6.92 Å². The molecular formula is C22H29N5O3S. The number of fused-ring (bicyclic) bond motifs is 1. The van der Waals surface area contributed by atoms with E-state index in [4.69, 9.17) is 0 Å². The largest absolute Gasteiger partial charge is 0.336 e. The highest BCUT2D eigenvalue weighted by Gasteiger charge is 2.17. The fourth-order valence-corrected chi connectivity index (χ4v) is 4.65. The van der Waals surface area contributed by atoms with Crippen molar-refractivity contribution in [2.45, 2.75) is 51.6 Å². The first-order valence-corrected chi connectivity index (χ1v) is 11.8. The fourth-order valence-electron chi connectivity index (χ4n) is 3.38. The number of imidazole rings is 1. The topological polar surface area (TPSA) is 105 Å². The van der Waals surface area contributed by atoms with Crippen LogP contribution in [0.5, 0.6) is 0 Å². The van der Waals surface area contributed by atoms with Crippen molar-refractivity contribution < 1.29 is 13.2 Å². The average molecular weight is 444 g/mol. The molecule has 0 aliphatic carbocycles. The number of hydrogen-bond acceptors (Lipinski definition) is 4. The van der Waals surface area contributed by atoms with Gasteiger partial charge in [-0.25, -0.2) is 22.9 Å². The zero-order chi connectivity index (χ0) is 22.6. The molecule has 1 aromatic heterocycles. The van der Waals surface area contributed by atoms with Gasteiger partial charge in [0.1, 0.15) is 5.82 Å². The van der Waals surface area contributed by atoms with Crippen LogP contribution in [0.15, 0.2) is 47.4 Å². The predicted octanol–water partition coefficient (Wildman–Crippen LogP) is 3.42. The third-order valence-electron chi connectivity index (χ3n) is 4.83. The molecule has 3 N–H and O–H groups in total. The van der Waals surface area contributed by atoms with Gasteiger partial charge in [0.25, 0.3) is 0 Å². The number of carbonyl (C=O) groups excluding carboxylic acids is 1. The number of rotatable bonds is 8. The maximum Gasteiger partial charge on any atom is 0.319 e. The van der Waals surface area contributed by atoms with Gasteiger partial charge >= 0.3 is 6.03 Å². The van der Waals surface area contributed by atoms with Crippen molar-refractivity contribution in [1.29, 1.82) is 0 Å². The Morgan fingerprint density at radius 3 is 2.65 bits per heavy atom. The molecule has 31 heavy (non-hydrogen) atoms. The summed E-state index contributed by atoms with van der Waals surface area (Å²) in [5.41, 5.74) is 3.33. The number of nitrogens with zero attached hydrogens (tertiary/aromatic N) is 2. The summed E-state index contributed by atoms with van der Waals surface area (Å²) in [7, 11) is -3.58. The Balaban J connectivity index is 1.66. The van der Waals surface area contributed by atoms with E-state index in [1.807, 2.05) is 35.8 Å². The minimum Gasteiger partial charge on any atom is -0.336 e. The first kappa shape index (κ1) is 22.8. The summed E-state index contributed by atoms with van der Waals surface area (Å²) in [5.74, 6) is 0.749. The Kier molecular flexibility index (Phi) is 6.97. The van der Waals surface area contributed by atoms with Crippen molar-refractivity contribution in [2.24, 2.45) is 0 Å². The van der Waals surface area contributed by atoms with Crippen LogP contribution in [-0.4, -0.2) is 36.6 Å². The second-order valence-corrected chi connectivity index (χ2v) is 9.39. The summed E-state index contributed by atoms with van der Waals surface area (Å²) in [6.45, 7) is 8.39. The van der Waals surface area contributed by atoms with Gasteiger partial charge < -0.3 is 15.2 Å². The van der Waals surface area contributed by atoms with Crippen molar-refractivity contribution in [2.75, 3.05) is 11.9 Å². The molecule has 0 saturated heterocycles. The molecule has 0 spiro atoms. The van der Waals surface area contributed by atoms with Crippen LogP contribution < -0.4 is 15.4 Å². The van der Waals surface area contributed by atoms with Gasteiger partial charge in [0.05, 0.1) is 15.9 Å². The van der Waals surface area contributed by atoms with Gasteiger partial charge in [0.15, 0.2) is 0 Å². The van der Waals surface area contributed by atoms with Gasteiger partial charge in [-0.1, -0.05) is 19.1 Å². The number of urea groups is 1. The molecule has 9 heteroatoms. The van der Waals surface area contributed by atoms with E-state index >= 15 is 0 Å². The second kappa shape index (κ2) is 9.49. The van der Waals surface area contributed by atoms with E-state index in [0.717, 1.165) is 29.0 Å². The Morgan fingerprint density at radius 1 is 1.16 bits per heavy atom. The highest BCUT2D eigenvalue weighted by atomic mass is 32.2. The lowest BCUT2D eigenvalue weighted by Gasteiger charge is -2.11. The maximum atomic E-state index is 12.4. The van der Waals surface area contributed by atoms with E-state index in [1.54, 1.807) is 32.0 Å². The normalized spacial score (nSPS) is 11.8. The third-order valence-corrected chi connectivity index (χ3v) is 6.48. The smallest absolute Gasteiger partial charge is 0.319 e. The number of aromatic nitrogens is 2. The lowest BCUT2D eigenvalue weighted by atomic mass is 10.1. The molecule has 3 rings (SSSR count). The van der Waals surface area contributed by atoms with Crippen LogP contribution in [0.1, 0.15) is 32.2 Å². The van der Waals surface area contributed by atoms with E-state index in [0.29, 0.717) is 18.6 Å². The molecule has 0 bridgehead atoms. The first-order chi connectivity index (χ1) is 14.7. The predicted molar refractivity (Wildman–Crippen MR) is 123 cm³/mol. The highest BCUT2D eigenvalue weighted by molar-refractivity contribution is 7.89. The Morgan fingerprint density at radius 2 is 1.94 bits per heavy atom. The van der Waals surface area contributed by atoms with Crippen LogP contribution in [0.4, 0.5) is 10.5 Å². The molecule has 0 fully saturated rings. The average Bonchev–Trinajstić information content (AvgIpc) is 3.01. The quantitative estimate of drug-likeness (QED) is 0.496.